The van der Waals surface area contributed by atoms with Gasteiger partial charge in [0.15, 0.2) is 0 Å². The first kappa shape index (κ1) is 9.79. The summed E-state index contributed by atoms with van der Waals surface area (Å²) in [6.07, 6.45) is 0. The number of nitriles is 1. The van der Waals surface area contributed by atoms with E-state index >= 15 is 0 Å². The predicted molar refractivity (Wildman–Crippen MR) is 59.8 cm³/mol. The molecule has 0 aliphatic carbocycles. The lowest BCUT2D eigenvalue weighted by Gasteiger charge is -2.04. The van der Waals surface area contributed by atoms with Crippen molar-refractivity contribution in [2.45, 2.75) is 26.7 Å². The summed E-state index contributed by atoms with van der Waals surface area (Å²) in [6.45, 7) is 6.23. The van der Waals surface area contributed by atoms with Crippen LogP contribution in [0.1, 0.15) is 36.7 Å². The fourth-order valence-corrected chi connectivity index (χ4v) is 1.70. The molecule has 0 radical (unpaired) electrons. The Morgan fingerprint density at radius 2 is 2.07 bits per heavy atom. The maximum Gasteiger partial charge on any atom is 0.207 e. The molecule has 0 saturated carbocycles. The van der Waals surface area contributed by atoms with Crippen molar-refractivity contribution in [1.82, 2.24) is 0 Å². The standard InChI is InChI=1S/C13H13NO/c1-8(2)10-4-5-12-11(6-10)9(3)13(7-14)15-12/h4-6,8H,1-3H3. The van der Waals surface area contributed by atoms with E-state index in [0.29, 0.717) is 11.7 Å². The van der Waals surface area contributed by atoms with E-state index in [-0.39, 0.29) is 0 Å². The summed E-state index contributed by atoms with van der Waals surface area (Å²) >= 11 is 0. The van der Waals surface area contributed by atoms with Crippen molar-refractivity contribution in [1.29, 1.82) is 5.26 Å². The van der Waals surface area contributed by atoms with Gasteiger partial charge in [-0.2, -0.15) is 5.26 Å². The minimum absolute atomic E-state index is 0.422. The highest BCUT2D eigenvalue weighted by Gasteiger charge is 2.10. The third kappa shape index (κ3) is 1.50. The summed E-state index contributed by atoms with van der Waals surface area (Å²) in [7, 11) is 0. The van der Waals surface area contributed by atoms with Crippen molar-refractivity contribution in [3.8, 4) is 6.07 Å². The molecule has 1 aromatic heterocycles. The summed E-state index contributed by atoms with van der Waals surface area (Å²) in [5, 5.41) is 9.91. The van der Waals surface area contributed by atoms with E-state index in [0.717, 1.165) is 16.5 Å². The van der Waals surface area contributed by atoms with Crippen LogP contribution in [-0.2, 0) is 0 Å². The van der Waals surface area contributed by atoms with Gasteiger partial charge in [0.2, 0.25) is 5.76 Å². The maximum atomic E-state index is 8.85. The van der Waals surface area contributed by atoms with Gasteiger partial charge in [0.05, 0.1) is 0 Å². The van der Waals surface area contributed by atoms with Crippen molar-refractivity contribution in [2.75, 3.05) is 0 Å². The zero-order valence-corrected chi connectivity index (χ0v) is 9.16. The molecule has 0 aliphatic rings. The molecule has 15 heavy (non-hydrogen) atoms. The van der Waals surface area contributed by atoms with E-state index in [1.165, 1.54) is 5.56 Å². The molecular weight excluding hydrogens is 186 g/mol. The van der Waals surface area contributed by atoms with Crippen LogP contribution < -0.4 is 0 Å². The van der Waals surface area contributed by atoms with Gasteiger partial charge in [-0.15, -0.1) is 0 Å². The van der Waals surface area contributed by atoms with Crippen LogP contribution in [0.25, 0.3) is 11.0 Å². The Morgan fingerprint density at radius 3 is 2.67 bits per heavy atom. The van der Waals surface area contributed by atoms with E-state index in [9.17, 15) is 0 Å². The first-order chi connectivity index (χ1) is 7.13. The summed E-state index contributed by atoms with van der Waals surface area (Å²) in [4.78, 5) is 0. The second-order valence-corrected chi connectivity index (χ2v) is 4.08. The van der Waals surface area contributed by atoms with Crippen LogP contribution >= 0.6 is 0 Å². The average molecular weight is 199 g/mol. The quantitative estimate of drug-likeness (QED) is 0.701. The van der Waals surface area contributed by atoms with Gasteiger partial charge in [0.1, 0.15) is 11.7 Å². The molecule has 0 spiro atoms. The molecule has 2 aromatic rings. The number of hydrogen-bond acceptors (Lipinski definition) is 2. The number of nitrogens with zero attached hydrogens (tertiary/aromatic N) is 1. The molecular formula is C13H13NO. The van der Waals surface area contributed by atoms with E-state index in [1.54, 1.807) is 0 Å². The number of fused-ring (bicyclic) bond motifs is 1. The lowest BCUT2D eigenvalue weighted by Crippen LogP contribution is -1.85. The van der Waals surface area contributed by atoms with E-state index in [2.05, 4.69) is 32.0 Å². The van der Waals surface area contributed by atoms with Crippen molar-refractivity contribution in [3.63, 3.8) is 0 Å². The normalized spacial score (nSPS) is 10.9. The summed E-state index contributed by atoms with van der Waals surface area (Å²) in [5.41, 5.74) is 3.01. The Bertz CT molecular complexity index is 543. The molecule has 76 valence electrons. The molecule has 0 bridgehead atoms. The van der Waals surface area contributed by atoms with Crippen LogP contribution in [0.4, 0.5) is 0 Å². The van der Waals surface area contributed by atoms with Crippen LogP contribution in [0, 0.1) is 18.3 Å². The molecule has 0 aliphatic heterocycles. The minimum atomic E-state index is 0.422. The van der Waals surface area contributed by atoms with Crippen LogP contribution in [-0.4, -0.2) is 0 Å². The number of aryl methyl sites for hydroxylation is 1. The Morgan fingerprint density at radius 1 is 1.33 bits per heavy atom. The lowest BCUT2D eigenvalue weighted by atomic mass is 10.0. The number of hydrogen-bond donors (Lipinski definition) is 0. The Kier molecular flexibility index (Phi) is 2.24. The Balaban J connectivity index is 2.71. The van der Waals surface area contributed by atoms with Gasteiger partial charge in [0.25, 0.3) is 0 Å². The third-order valence-corrected chi connectivity index (χ3v) is 2.73. The topological polar surface area (TPSA) is 36.9 Å². The third-order valence-electron chi connectivity index (χ3n) is 2.73. The average Bonchev–Trinajstić information content (AvgIpc) is 2.55. The van der Waals surface area contributed by atoms with Crippen molar-refractivity contribution < 1.29 is 4.42 Å². The molecule has 0 amide bonds. The molecule has 1 heterocycles. The highest BCUT2D eigenvalue weighted by molar-refractivity contribution is 5.83. The Labute approximate surface area is 89.1 Å². The second-order valence-electron chi connectivity index (χ2n) is 4.08. The van der Waals surface area contributed by atoms with Gasteiger partial charge in [0, 0.05) is 10.9 Å². The highest BCUT2D eigenvalue weighted by Crippen LogP contribution is 2.27. The molecule has 0 fully saturated rings. The first-order valence-corrected chi connectivity index (χ1v) is 5.06. The van der Waals surface area contributed by atoms with Crippen LogP contribution in [0.2, 0.25) is 0 Å². The zero-order chi connectivity index (χ0) is 11.0. The maximum absolute atomic E-state index is 8.85. The molecule has 0 saturated heterocycles. The van der Waals surface area contributed by atoms with Gasteiger partial charge in [-0.25, -0.2) is 0 Å². The molecule has 0 unspecified atom stereocenters. The SMILES string of the molecule is Cc1c(C#N)oc2ccc(C(C)C)cc12. The molecule has 0 N–H and O–H groups in total. The van der Waals surface area contributed by atoms with E-state index in [4.69, 9.17) is 9.68 Å². The largest absolute Gasteiger partial charge is 0.445 e. The molecule has 0 atom stereocenters. The molecule has 1 aromatic carbocycles. The summed E-state index contributed by atoms with van der Waals surface area (Å²) in [6, 6.07) is 8.17. The van der Waals surface area contributed by atoms with Gasteiger partial charge < -0.3 is 4.42 Å². The van der Waals surface area contributed by atoms with Crippen molar-refractivity contribution >= 4 is 11.0 Å². The smallest absolute Gasteiger partial charge is 0.207 e. The predicted octanol–water partition coefficient (Wildman–Crippen LogP) is 3.74. The fraction of sp³-hybridized carbons (Fsp3) is 0.308. The summed E-state index contributed by atoms with van der Waals surface area (Å²) in [5.74, 6) is 0.917. The van der Waals surface area contributed by atoms with Crippen LogP contribution in [0.3, 0.4) is 0 Å². The molecule has 2 heteroatoms. The van der Waals surface area contributed by atoms with Crippen LogP contribution in [0.15, 0.2) is 22.6 Å². The van der Waals surface area contributed by atoms with Crippen LogP contribution in [0.5, 0.6) is 0 Å². The fourth-order valence-electron chi connectivity index (χ4n) is 1.70. The van der Waals surface area contributed by atoms with E-state index < -0.39 is 0 Å². The van der Waals surface area contributed by atoms with Crippen molar-refractivity contribution in [3.05, 3.63) is 35.1 Å². The van der Waals surface area contributed by atoms with Gasteiger partial charge in [-0.05, 0) is 30.5 Å². The van der Waals surface area contributed by atoms with Gasteiger partial charge >= 0.3 is 0 Å². The summed E-state index contributed by atoms with van der Waals surface area (Å²) < 4.78 is 5.42. The first-order valence-electron chi connectivity index (χ1n) is 5.06. The second kappa shape index (κ2) is 3.43. The lowest BCUT2D eigenvalue weighted by molar-refractivity contribution is 0.596. The van der Waals surface area contributed by atoms with Gasteiger partial charge in [-0.3, -0.25) is 0 Å². The zero-order valence-electron chi connectivity index (χ0n) is 9.16. The highest BCUT2D eigenvalue weighted by atomic mass is 16.3. The number of furan rings is 1. The van der Waals surface area contributed by atoms with Crippen molar-refractivity contribution in [2.24, 2.45) is 0 Å². The minimum Gasteiger partial charge on any atom is -0.445 e. The Hall–Kier alpha value is -1.75. The van der Waals surface area contributed by atoms with Gasteiger partial charge in [-0.1, -0.05) is 19.9 Å². The molecule has 2 rings (SSSR count). The van der Waals surface area contributed by atoms with E-state index in [1.807, 2.05) is 13.0 Å². The molecule has 2 nitrogen and oxygen atoms in total. The monoisotopic (exact) mass is 199 g/mol. The number of benzene rings is 1. The number of rotatable bonds is 1.